The van der Waals surface area contributed by atoms with Crippen LogP contribution in [-0.4, -0.2) is 27.7 Å². The van der Waals surface area contributed by atoms with Crippen molar-refractivity contribution in [2.24, 2.45) is 7.05 Å². The maximum atomic E-state index is 11.0. The molecule has 1 aromatic heterocycles. The van der Waals surface area contributed by atoms with E-state index in [0.29, 0.717) is 11.0 Å². The molecule has 0 atom stereocenters. The van der Waals surface area contributed by atoms with Crippen LogP contribution in [0.2, 0.25) is 10.2 Å². The second kappa shape index (κ2) is 6.24. The van der Waals surface area contributed by atoms with Crippen LogP contribution in [0.15, 0.2) is 18.3 Å². The molecule has 0 fully saturated rings. The van der Waals surface area contributed by atoms with Gasteiger partial charge in [-0.05, 0) is 12.1 Å². The number of carboxylic acids is 1. The highest BCUT2D eigenvalue weighted by Crippen LogP contribution is 2.37. The van der Waals surface area contributed by atoms with E-state index in [-0.39, 0.29) is 28.7 Å². The Morgan fingerprint density at radius 3 is 2.67 bits per heavy atom. The Hall–Kier alpha value is -1.92. The van der Waals surface area contributed by atoms with Gasteiger partial charge in [0.2, 0.25) is 0 Å². The van der Waals surface area contributed by atoms with E-state index in [9.17, 15) is 4.79 Å². The Labute approximate surface area is 130 Å². The quantitative estimate of drug-likeness (QED) is 0.912. The number of benzene rings is 1. The topological polar surface area (TPSA) is 73.6 Å². The number of ether oxygens (including phenoxy) is 2. The first-order valence-corrected chi connectivity index (χ1v) is 6.59. The first kappa shape index (κ1) is 15.5. The summed E-state index contributed by atoms with van der Waals surface area (Å²) in [7, 11) is 3.15. The van der Waals surface area contributed by atoms with Crippen molar-refractivity contribution in [1.29, 1.82) is 0 Å². The van der Waals surface area contributed by atoms with Gasteiger partial charge in [-0.3, -0.25) is 0 Å². The van der Waals surface area contributed by atoms with Gasteiger partial charge >= 0.3 is 5.97 Å². The van der Waals surface area contributed by atoms with Gasteiger partial charge in [-0.1, -0.05) is 23.2 Å². The number of rotatable bonds is 5. The third-order valence-corrected chi connectivity index (χ3v) is 3.48. The number of carbonyl (C=O) groups is 1. The minimum absolute atomic E-state index is 0.0178. The molecular formula is C13H12Cl2N2O4. The fraction of sp³-hybridized carbons (Fsp3) is 0.231. The number of carboxylic acid groups (broad SMARTS) is 1. The summed E-state index contributed by atoms with van der Waals surface area (Å²) >= 11 is 11.9. The van der Waals surface area contributed by atoms with Gasteiger partial charge < -0.3 is 19.1 Å². The molecule has 21 heavy (non-hydrogen) atoms. The summed E-state index contributed by atoms with van der Waals surface area (Å²) in [5, 5.41) is 9.61. The number of aromatic nitrogens is 2. The largest absolute Gasteiger partial charge is 0.493 e. The molecule has 2 rings (SSSR count). The molecule has 8 heteroatoms. The van der Waals surface area contributed by atoms with Crippen LogP contribution in [0.1, 0.15) is 16.2 Å². The van der Waals surface area contributed by atoms with Crippen LogP contribution in [0.4, 0.5) is 0 Å². The smallest absolute Gasteiger partial charge is 0.335 e. The second-order valence-electron chi connectivity index (χ2n) is 4.14. The number of aromatic carboxylic acids is 1. The van der Waals surface area contributed by atoms with Gasteiger partial charge in [0.05, 0.1) is 23.9 Å². The summed E-state index contributed by atoms with van der Waals surface area (Å²) in [4.78, 5) is 15.1. The van der Waals surface area contributed by atoms with Crippen LogP contribution in [0.25, 0.3) is 0 Å². The lowest BCUT2D eigenvalue weighted by Gasteiger charge is -2.13. The normalized spacial score (nSPS) is 10.5. The number of hydrogen-bond acceptors (Lipinski definition) is 4. The average Bonchev–Trinajstić information content (AvgIpc) is 2.76. The van der Waals surface area contributed by atoms with Crippen LogP contribution in [0.3, 0.4) is 0 Å². The molecule has 0 aliphatic heterocycles. The maximum Gasteiger partial charge on any atom is 0.335 e. The van der Waals surface area contributed by atoms with Crippen LogP contribution in [0.5, 0.6) is 11.5 Å². The summed E-state index contributed by atoms with van der Waals surface area (Å²) in [6.07, 6.45) is 1.51. The molecule has 112 valence electrons. The third-order valence-electron chi connectivity index (χ3n) is 2.85. The van der Waals surface area contributed by atoms with Gasteiger partial charge in [0.1, 0.15) is 17.6 Å². The fourth-order valence-electron chi connectivity index (χ4n) is 1.68. The average molecular weight is 331 g/mol. The molecule has 2 aromatic rings. The van der Waals surface area contributed by atoms with Crippen LogP contribution < -0.4 is 9.47 Å². The van der Waals surface area contributed by atoms with E-state index in [1.165, 1.54) is 25.4 Å². The van der Waals surface area contributed by atoms with Gasteiger partial charge in [-0.15, -0.1) is 0 Å². The summed E-state index contributed by atoms with van der Waals surface area (Å²) < 4.78 is 12.4. The van der Waals surface area contributed by atoms with E-state index >= 15 is 0 Å². The Kier molecular flexibility index (Phi) is 4.59. The molecule has 1 N–H and O–H groups in total. The zero-order valence-corrected chi connectivity index (χ0v) is 12.8. The van der Waals surface area contributed by atoms with Crippen molar-refractivity contribution < 1.29 is 19.4 Å². The molecule has 0 saturated heterocycles. The standard InChI is InChI=1S/C13H12Cl2N2O4/c1-17-10(15)5-16-11(17)6-21-12-8(14)3-7(13(18)19)4-9(12)20-2/h3-5H,6H2,1-2H3,(H,18,19). The summed E-state index contributed by atoms with van der Waals surface area (Å²) in [6, 6.07) is 2.64. The Morgan fingerprint density at radius 2 is 2.14 bits per heavy atom. The number of imidazole rings is 1. The molecule has 0 unspecified atom stereocenters. The molecule has 0 aliphatic rings. The van der Waals surface area contributed by atoms with Crippen LogP contribution in [0, 0.1) is 0 Å². The predicted molar refractivity (Wildman–Crippen MR) is 77.5 cm³/mol. The van der Waals surface area contributed by atoms with Gasteiger partial charge in [-0.25, -0.2) is 9.78 Å². The Bertz CT molecular complexity index is 685. The molecule has 0 aliphatic carbocycles. The highest BCUT2D eigenvalue weighted by atomic mass is 35.5. The van der Waals surface area contributed by atoms with Crippen molar-refractivity contribution in [3.63, 3.8) is 0 Å². The Balaban J connectivity index is 2.27. The molecule has 1 heterocycles. The zero-order valence-electron chi connectivity index (χ0n) is 11.3. The molecule has 0 radical (unpaired) electrons. The van der Waals surface area contributed by atoms with E-state index in [1.54, 1.807) is 11.6 Å². The van der Waals surface area contributed by atoms with E-state index in [1.807, 2.05) is 0 Å². The van der Waals surface area contributed by atoms with Crippen molar-refractivity contribution in [3.05, 3.63) is 39.9 Å². The molecule has 6 nitrogen and oxygen atoms in total. The highest BCUT2D eigenvalue weighted by molar-refractivity contribution is 6.32. The zero-order chi connectivity index (χ0) is 15.6. The second-order valence-corrected chi connectivity index (χ2v) is 4.93. The van der Waals surface area contributed by atoms with Gasteiger partial charge in [-0.2, -0.15) is 0 Å². The van der Waals surface area contributed by atoms with Gasteiger partial charge in [0.25, 0.3) is 0 Å². The summed E-state index contributed by atoms with van der Waals surface area (Å²) in [5.41, 5.74) is 0.0178. The summed E-state index contributed by atoms with van der Waals surface area (Å²) in [5.74, 6) is -0.0124. The maximum absolute atomic E-state index is 11.0. The predicted octanol–water partition coefficient (Wildman–Crippen LogP) is 3.01. The number of nitrogens with zero attached hydrogens (tertiary/aromatic N) is 2. The van der Waals surface area contributed by atoms with Gasteiger partial charge in [0.15, 0.2) is 11.5 Å². The molecule has 1 aromatic carbocycles. The molecule has 0 spiro atoms. The number of methoxy groups -OCH3 is 1. The van der Waals surface area contributed by atoms with E-state index in [4.69, 9.17) is 37.8 Å². The SMILES string of the molecule is COc1cc(C(=O)O)cc(Cl)c1OCc1ncc(Cl)n1C. The lowest BCUT2D eigenvalue weighted by Crippen LogP contribution is -2.06. The number of hydrogen-bond donors (Lipinski definition) is 1. The van der Waals surface area contributed by atoms with Crippen LogP contribution >= 0.6 is 23.2 Å². The van der Waals surface area contributed by atoms with Gasteiger partial charge in [0, 0.05) is 7.05 Å². The van der Waals surface area contributed by atoms with Crippen molar-refractivity contribution in [1.82, 2.24) is 9.55 Å². The molecular weight excluding hydrogens is 319 g/mol. The molecule has 0 bridgehead atoms. The van der Waals surface area contributed by atoms with E-state index in [2.05, 4.69) is 4.98 Å². The monoisotopic (exact) mass is 330 g/mol. The minimum atomic E-state index is -1.10. The fourth-order valence-corrected chi connectivity index (χ4v) is 2.09. The van der Waals surface area contributed by atoms with Crippen molar-refractivity contribution in [2.45, 2.75) is 6.61 Å². The van der Waals surface area contributed by atoms with Crippen molar-refractivity contribution in [3.8, 4) is 11.5 Å². The lowest BCUT2D eigenvalue weighted by atomic mass is 10.2. The van der Waals surface area contributed by atoms with E-state index < -0.39 is 5.97 Å². The highest BCUT2D eigenvalue weighted by Gasteiger charge is 2.16. The lowest BCUT2D eigenvalue weighted by molar-refractivity contribution is 0.0696. The minimum Gasteiger partial charge on any atom is -0.493 e. The van der Waals surface area contributed by atoms with Crippen LogP contribution in [-0.2, 0) is 13.7 Å². The first-order chi connectivity index (χ1) is 9.93. The van der Waals surface area contributed by atoms with Crippen molar-refractivity contribution >= 4 is 29.2 Å². The molecule has 0 saturated carbocycles. The number of halogens is 2. The summed E-state index contributed by atoms with van der Waals surface area (Å²) in [6.45, 7) is 0.117. The van der Waals surface area contributed by atoms with E-state index in [0.717, 1.165) is 0 Å². The molecule has 0 amide bonds. The third kappa shape index (κ3) is 3.22. The van der Waals surface area contributed by atoms with Crippen molar-refractivity contribution in [2.75, 3.05) is 7.11 Å². The first-order valence-electron chi connectivity index (χ1n) is 5.83. The Morgan fingerprint density at radius 1 is 1.43 bits per heavy atom.